The SMILES string of the molecule is CC(Cn1cn[nH]c1=S)S(C)=O. The fraction of sp³-hybridized carbons (Fsp3) is 0.667. The number of rotatable bonds is 3. The second-order valence-corrected chi connectivity index (χ2v) is 4.81. The van der Waals surface area contributed by atoms with Gasteiger partial charge in [-0.3, -0.25) is 9.31 Å². The largest absolute Gasteiger partial charge is 0.306 e. The summed E-state index contributed by atoms with van der Waals surface area (Å²) in [4.78, 5) is 0. The summed E-state index contributed by atoms with van der Waals surface area (Å²) in [7, 11) is -0.812. The van der Waals surface area contributed by atoms with Crippen LogP contribution < -0.4 is 0 Å². The normalized spacial score (nSPS) is 15.8. The van der Waals surface area contributed by atoms with Crippen LogP contribution in [0.1, 0.15) is 6.92 Å². The summed E-state index contributed by atoms with van der Waals surface area (Å²) >= 11 is 4.94. The molecule has 0 bridgehead atoms. The van der Waals surface area contributed by atoms with Gasteiger partial charge in [0, 0.05) is 28.9 Å². The van der Waals surface area contributed by atoms with Crippen LogP contribution >= 0.6 is 12.2 Å². The summed E-state index contributed by atoms with van der Waals surface area (Å²) in [5.41, 5.74) is 0. The maximum absolute atomic E-state index is 11.0. The molecule has 1 aromatic heterocycles. The Morgan fingerprint density at radius 1 is 1.92 bits per heavy atom. The van der Waals surface area contributed by atoms with Crippen molar-refractivity contribution in [3.63, 3.8) is 0 Å². The van der Waals surface area contributed by atoms with Crippen molar-refractivity contribution in [2.75, 3.05) is 6.26 Å². The van der Waals surface area contributed by atoms with E-state index < -0.39 is 10.8 Å². The van der Waals surface area contributed by atoms with Crippen LogP contribution in [-0.4, -0.2) is 30.5 Å². The Morgan fingerprint density at radius 3 is 3.00 bits per heavy atom. The Kier molecular flexibility index (Phi) is 3.16. The number of nitrogens with one attached hydrogen (secondary N) is 1. The highest BCUT2D eigenvalue weighted by Gasteiger charge is 2.06. The van der Waals surface area contributed by atoms with E-state index in [1.807, 2.05) is 6.92 Å². The lowest BCUT2D eigenvalue weighted by molar-refractivity contribution is 0.638. The van der Waals surface area contributed by atoms with Crippen LogP contribution in [0.15, 0.2) is 6.33 Å². The van der Waals surface area contributed by atoms with E-state index in [1.165, 1.54) is 0 Å². The summed E-state index contributed by atoms with van der Waals surface area (Å²) in [6.45, 7) is 2.57. The molecule has 12 heavy (non-hydrogen) atoms. The standard InChI is InChI=1S/C6H11N3OS2/c1-5(12(2)10)3-9-4-7-8-6(9)11/h4-5H,3H2,1-2H3,(H,8,11). The molecule has 0 amide bonds. The molecule has 0 aromatic carbocycles. The first-order valence-electron chi connectivity index (χ1n) is 3.53. The third kappa shape index (κ3) is 2.25. The van der Waals surface area contributed by atoms with Crippen LogP contribution in [0.3, 0.4) is 0 Å². The molecule has 0 aliphatic rings. The second-order valence-electron chi connectivity index (χ2n) is 2.62. The fourth-order valence-corrected chi connectivity index (χ4v) is 1.33. The van der Waals surface area contributed by atoms with Gasteiger partial charge in [0.15, 0.2) is 4.77 Å². The number of aromatic amines is 1. The number of H-pyrrole nitrogens is 1. The van der Waals surface area contributed by atoms with Crippen LogP contribution in [0.2, 0.25) is 0 Å². The zero-order valence-corrected chi connectivity index (χ0v) is 8.61. The first kappa shape index (κ1) is 9.60. The average Bonchev–Trinajstić information content (AvgIpc) is 2.36. The Hall–Kier alpha value is -0.490. The molecule has 68 valence electrons. The molecule has 1 N–H and O–H groups in total. The molecule has 0 radical (unpaired) electrons. The summed E-state index contributed by atoms with van der Waals surface area (Å²) in [6.07, 6.45) is 3.31. The minimum absolute atomic E-state index is 0.106. The predicted molar refractivity (Wildman–Crippen MR) is 50.9 cm³/mol. The first-order chi connectivity index (χ1) is 5.61. The highest BCUT2D eigenvalue weighted by Crippen LogP contribution is 1.98. The molecule has 1 aromatic rings. The molecule has 0 aliphatic carbocycles. The Morgan fingerprint density at radius 2 is 2.58 bits per heavy atom. The molecule has 0 aliphatic heterocycles. The van der Waals surface area contributed by atoms with Crippen molar-refractivity contribution in [3.05, 3.63) is 11.1 Å². The zero-order chi connectivity index (χ0) is 9.14. The monoisotopic (exact) mass is 205 g/mol. The summed E-state index contributed by atoms with van der Waals surface area (Å²) in [6, 6.07) is 0. The van der Waals surface area contributed by atoms with Gasteiger partial charge in [-0.25, -0.2) is 0 Å². The molecular formula is C6H11N3OS2. The van der Waals surface area contributed by atoms with Gasteiger partial charge in [-0.05, 0) is 19.1 Å². The van der Waals surface area contributed by atoms with Gasteiger partial charge in [-0.15, -0.1) is 0 Å². The van der Waals surface area contributed by atoms with Gasteiger partial charge >= 0.3 is 0 Å². The number of hydrogen-bond acceptors (Lipinski definition) is 3. The molecule has 0 spiro atoms. The second kappa shape index (κ2) is 3.95. The summed E-state index contributed by atoms with van der Waals surface area (Å²) < 4.78 is 13.4. The van der Waals surface area contributed by atoms with E-state index in [9.17, 15) is 4.21 Å². The van der Waals surface area contributed by atoms with Crippen LogP contribution in [0, 0.1) is 4.77 Å². The smallest absolute Gasteiger partial charge is 0.194 e. The summed E-state index contributed by atoms with van der Waals surface area (Å²) in [5, 5.41) is 6.52. The molecule has 2 atom stereocenters. The number of aromatic nitrogens is 3. The van der Waals surface area contributed by atoms with Crippen LogP contribution in [0.4, 0.5) is 0 Å². The van der Waals surface area contributed by atoms with Crippen molar-refractivity contribution in [1.29, 1.82) is 0 Å². The molecule has 2 unspecified atom stereocenters. The molecule has 6 heteroatoms. The van der Waals surface area contributed by atoms with Crippen molar-refractivity contribution in [2.24, 2.45) is 0 Å². The Bertz CT molecular complexity index is 330. The molecule has 0 saturated carbocycles. The lowest BCUT2D eigenvalue weighted by Gasteiger charge is -2.07. The number of hydrogen-bond donors (Lipinski definition) is 1. The zero-order valence-electron chi connectivity index (χ0n) is 6.98. The van der Waals surface area contributed by atoms with E-state index >= 15 is 0 Å². The highest BCUT2D eigenvalue weighted by atomic mass is 32.2. The lowest BCUT2D eigenvalue weighted by atomic mass is 10.5. The van der Waals surface area contributed by atoms with Crippen molar-refractivity contribution < 1.29 is 4.21 Å². The van der Waals surface area contributed by atoms with E-state index in [2.05, 4.69) is 10.2 Å². The third-order valence-corrected chi connectivity index (χ3v) is 3.25. The van der Waals surface area contributed by atoms with Gasteiger partial charge in [0.25, 0.3) is 0 Å². The molecule has 0 saturated heterocycles. The molecule has 1 rings (SSSR count). The highest BCUT2D eigenvalue weighted by molar-refractivity contribution is 7.84. The minimum atomic E-state index is -0.812. The molecule has 1 heterocycles. The van der Waals surface area contributed by atoms with Crippen LogP contribution in [-0.2, 0) is 17.3 Å². The maximum atomic E-state index is 11.0. The molecular weight excluding hydrogens is 194 g/mol. The van der Waals surface area contributed by atoms with Crippen molar-refractivity contribution in [1.82, 2.24) is 14.8 Å². The first-order valence-corrected chi connectivity index (χ1v) is 5.56. The third-order valence-electron chi connectivity index (χ3n) is 1.64. The van der Waals surface area contributed by atoms with Gasteiger partial charge in [0.2, 0.25) is 0 Å². The van der Waals surface area contributed by atoms with E-state index in [1.54, 1.807) is 17.2 Å². The average molecular weight is 205 g/mol. The molecule has 0 fully saturated rings. The predicted octanol–water partition coefficient (Wildman–Crippen LogP) is 0.708. The molecule has 4 nitrogen and oxygen atoms in total. The van der Waals surface area contributed by atoms with Crippen molar-refractivity contribution >= 4 is 23.0 Å². The van der Waals surface area contributed by atoms with E-state index in [4.69, 9.17) is 12.2 Å². The quantitative estimate of drug-likeness (QED) is 0.739. The van der Waals surface area contributed by atoms with Crippen LogP contribution in [0.5, 0.6) is 0 Å². The van der Waals surface area contributed by atoms with Gasteiger partial charge in [-0.2, -0.15) is 5.10 Å². The topological polar surface area (TPSA) is 50.7 Å². The van der Waals surface area contributed by atoms with Gasteiger partial charge in [0.05, 0.1) is 0 Å². The van der Waals surface area contributed by atoms with Gasteiger partial charge in [-0.1, -0.05) is 0 Å². The van der Waals surface area contributed by atoms with Crippen molar-refractivity contribution in [3.8, 4) is 0 Å². The fourth-order valence-electron chi connectivity index (χ4n) is 0.782. The van der Waals surface area contributed by atoms with Gasteiger partial charge < -0.3 is 4.57 Å². The van der Waals surface area contributed by atoms with Crippen molar-refractivity contribution in [2.45, 2.75) is 18.7 Å². The number of nitrogens with zero attached hydrogens (tertiary/aromatic N) is 2. The van der Waals surface area contributed by atoms with Gasteiger partial charge in [0.1, 0.15) is 6.33 Å². The Balaban J connectivity index is 2.70. The maximum Gasteiger partial charge on any atom is 0.194 e. The lowest BCUT2D eigenvalue weighted by Crippen LogP contribution is -2.16. The van der Waals surface area contributed by atoms with E-state index in [0.29, 0.717) is 11.3 Å². The van der Waals surface area contributed by atoms with Crippen LogP contribution in [0.25, 0.3) is 0 Å². The van der Waals surface area contributed by atoms with E-state index in [-0.39, 0.29) is 5.25 Å². The minimum Gasteiger partial charge on any atom is -0.306 e. The summed E-state index contributed by atoms with van der Waals surface area (Å²) in [5.74, 6) is 0. The van der Waals surface area contributed by atoms with E-state index in [0.717, 1.165) is 0 Å². The Labute approximate surface area is 78.5 Å².